The van der Waals surface area contributed by atoms with Gasteiger partial charge in [0.2, 0.25) is 0 Å². The van der Waals surface area contributed by atoms with Crippen LogP contribution in [0.4, 0.5) is 11.4 Å². The molecule has 1 aromatic rings. The van der Waals surface area contributed by atoms with Crippen LogP contribution in [-0.2, 0) is 4.74 Å². The fraction of sp³-hybridized carbons (Fsp3) is 0.500. The summed E-state index contributed by atoms with van der Waals surface area (Å²) in [5.41, 5.74) is 0.695. The van der Waals surface area contributed by atoms with Crippen molar-refractivity contribution in [1.82, 2.24) is 0 Å². The van der Waals surface area contributed by atoms with E-state index in [1.165, 1.54) is 19.2 Å². The molecule has 0 aromatic heterocycles. The van der Waals surface area contributed by atoms with Crippen LogP contribution >= 0.6 is 0 Å². The van der Waals surface area contributed by atoms with Crippen molar-refractivity contribution in [2.24, 2.45) is 0 Å². The van der Waals surface area contributed by atoms with Crippen molar-refractivity contribution < 1.29 is 14.4 Å². The van der Waals surface area contributed by atoms with E-state index in [2.05, 4.69) is 5.32 Å². The number of rotatable bonds is 5. The molecule has 98 valence electrons. The summed E-state index contributed by atoms with van der Waals surface area (Å²) in [6, 6.07) is 4.64. The highest BCUT2D eigenvalue weighted by Crippen LogP contribution is 2.26. The molecule has 1 atom stereocenters. The summed E-state index contributed by atoms with van der Waals surface area (Å²) in [7, 11) is 1.49. The van der Waals surface area contributed by atoms with E-state index in [1.54, 1.807) is 6.07 Å². The Morgan fingerprint density at radius 2 is 2.39 bits per heavy atom. The van der Waals surface area contributed by atoms with E-state index >= 15 is 0 Å². The van der Waals surface area contributed by atoms with Gasteiger partial charge in [-0.25, -0.2) is 0 Å². The van der Waals surface area contributed by atoms with Crippen molar-refractivity contribution in [1.29, 1.82) is 0 Å². The van der Waals surface area contributed by atoms with Crippen molar-refractivity contribution in [2.45, 2.75) is 18.9 Å². The first-order chi connectivity index (χ1) is 8.69. The molecule has 6 nitrogen and oxygen atoms in total. The molecule has 1 saturated heterocycles. The molecule has 1 N–H and O–H groups in total. The van der Waals surface area contributed by atoms with E-state index in [0.29, 0.717) is 18.0 Å². The third-order valence-electron chi connectivity index (χ3n) is 2.90. The molecule has 1 aromatic carbocycles. The predicted octanol–water partition coefficient (Wildman–Crippen LogP) is 2.19. The van der Waals surface area contributed by atoms with Crippen molar-refractivity contribution in [3.63, 3.8) is 0 Å². The standard InChI is InChI=1S/C12H16N2O4/c1-17-12-6-9(5-10(7-12)14(15)16)13-8-11-3-2-4-18-11/h5-7,11,13H,2-4,8H2,1H3. The molecule has 1 fully saturated rings. The lowest BCUT2D eigenvalue weighted by molar-refractivity contribution is -0.384. The molecule has 1 heterocycles. The second-order valence-electron chi connectivity index (χ2n) is 4.19. The Morgan fingerprint density at radius 1 is 1.56 bits per heavy atom. The maximum Gasteiger partial charge on any atom is 0.275 e. The lowest BCUT2D eigenvalue weighted by atomic mass is 10.2. The number of methoxy groups -OCH3 is 1. The van der Waals surface area contributed by atoms with Gasteiger partial charge in [0, 0.05) is 31.0 Å². The second-order valence-corrected chi connectivity index (χ2v) is 4.19. The Labute approximate surface area is 105 Å². The SMILES string of the molecule is COc1cc(NCC2CCCO2)cc([N+](=O)[O-])c1. The zero-order valence-electron chi connectivity index (χ0n) is 10.2. The van der Waals surface area contributed by atoms with Gasteiger partial charge < -0.3 is 14.8 Å². The Hall–Kier alpha value is -1.82. The molecule has 2 rings (SSSR count). The van der Waals surface area contributed by atoms with Crippen LogP contribution in [0, 0.1) is 10.1 Å². The normalized spacial score (nSPS) is 18.6. The molecule has 0 aliphatic carbocycles. The lowest BCUT2D eigenvalue weighted by Gasteiger charge is -2.12. The molecule has 1 aliphatic heterocycles. The number of hydrogen-bond donors (Lipinski definition) is 1. The van der Waals surface area contributed by atoms with Gasteiger partial charge in [0.15, 0.2) is 0 Å². The third-order valence-corrected chi connectivity index (χ3v) is 2.90. The van der Waals surface area contributed by atoms with Gasteiger partial charge in [0.05, 0.1) is 24.2 Å². The summed E-state index contributed by atoms with van der Waals surface area (Å²) in [6.45, 7) is 1.45. The van der Waals surface area contributed by atoms with E-state index in [-0.39, 0.29) is 11.8 Å². The first kappa shape index (κ1) is 12.6. The van der Waals surface area contributed by atoms with E-state index < -0.39 is 4.92 Å². The van der Waals surface area contributed by atoms with Crippen molar-refractivity contribution in [2.75, 3.05) is 25.6 Å². The largest absolute Gasteiger partial charge is 0.496 e. The first-order valence-electron chi connectivity index (χ1n) is 5.88. The zero-order chi connectivity index (χ0) is 13.0. The molecule has 6 heteroatoms. The Kier molecular flexibility index (Phi) is 3.99. The average molecular weight is 252 g/mol. The third kappa shape index (κ3) is 3.10. The van der Waals surface area contributed by atoms with Gasteiger partial charge >= 0.3 is 0 Å². The van der Waals surface area contributed by atoms with Gasteiger partial charge in [-0.2, -0.15) is 0 Å². The fourth-order valence-electron chi connectivity index (χ4n) is 1.95. The Bertz CT molecular complexity index is 430. The van der Waals surface area contributed by atoms with Crippen molar-refractivity contribution in [3.8, 4) is 5.75 Å². The number of ether oxygens (including phenoxy) is 2. The molecule has 0 radical (unpaired) electrons. The predicted molar refractivity (Wildman–Crippen MR) is 67.1 cm³/mol. The molecule has 18 heavy (non-hydrogen) atoms. The molecule has 1 aliphatic rings. The van der Waals surface area contributed by atoms with E-state index in [0.717, 1.165) is 19.4 Å². The zero-order valence-corrected chi connectivity index (χ0v) is 10.2. The fourth-order valence-corrected chi connectivity index (χ4v) is 1.95. The topological polar surface area (TPSA) is 73.6 Å². The van der Waals surface area contributed by atoms with E-state index in [1.807, 2.05) is 0 Å². The van der Waals surface area contributed by atoms with Crippen molar-refractivity contribution >= 4 is 11.4 Å². The number of nitro groups is 1. The number of nitrogens with one attached hydrogen (secondary N) is 1. The number of hydrogen-bond acceptors (Lipinski definition) is 5. The molecule has 0 amide bonds. The Morgan fingerprint density at radius 3 is 3.00 bits per heavy atom. The highest BCUT2D eigenvalue weighted by Gasteiger charge is 2.16. The van der Waals surface area contributed by atoms with Crippen LogP contribution in [0.25, 0.3) is 0 Å². The molecule has 1 unspecified atom stereocenters. The van der Waals surface area contributed by atoms with Crippen LogP contribution in [0.1, 0.15) is 12.8 Å². The smallest absolute Gasteiger partial charge is 0.275 e. The minimum atomic E-state index is -0.431. The van der Waals surface area contributed by atoms with E-state index in [4.69, 9.17) is 9.47 Å². The minimum Gasteiger partial charge on any atom is -0.496 e. The highest BCUT2D eigenvalue weighted by atomic mass is 16.6. The van der Waals surface area contributed by atoms with Gasteiger partial charge in [-0.05, 0) is 12.8 Å². The number of non-ortho nitro benzene ring substituents is 1. The Balaban J connectivity index is 2.05. The van der Waals surface area contributed by atoms with Crippen LogP contribution in [0.3, 0.4) is 0 Å². The van der Waals surface area contributed by atoms with Crippen LogP contribution in [0.15, 0.2) is 18.2 Å². The molecule has 0 saturated carbocycles. The van der Waals surface area contributed by atoms with E-state index in [9.17, 15) is 10.1 Å². The summed E-state index contributed by atoms with van der Waals surface area (Å²) in [4.78, 5) is 10.3. The summed E-state index contributed by atoms with van der Waals surface area (Å²) in [6.07, 6.45) is 2.29. The number of nitrogens with zero attached hydrogens (tertiary/aromatic N) is 1. The summed E-state index contributed by atoms with van der Waals surface area (Å²) < 4.78 is 10.5. The van der Waals surface area contributed by atoms with Crippen molar-refractivity contribution in [3.05, 3.63) is 28.3 Å². The second kappa shape index (κ2) is 5.68. The van der Waals surface area contributed by atoms with Crippen LogP contribution in [-0.4, -0.2) is 31.3 Å². The van der Waals surface area contributed by atoms with Crippen LogP contribution in [0.5, 0.6) is 5.75 Å². The molecular formula is C12H16N2O4. The van der Waals surface area contributed by atoms with Gasteiger partial charge in [-0.1, -0.05) is 0 Å². The van der Waals surface area contributed by atoms with Gasteiger partial charge in [-0.3, -0.25) is 10.1 Å². The van der Waals surface area contributed by atoms with Crippen LogP contribution in [0.2, 0.25) is 0 Å². The maximum atomic E-state index is 10.8. The average Bonchev–Trinajstić information content (AvgIpc) is 2.89. The highest BCUT2D eigenvalue weighted by molar-refractivity contribution is 5.56. The molecule has 0 spiro atoms. The van der Waals surface area contributed by atoms with Gasteiger partial charge in [-0.15, -0.1) is 0 Å². The lowest BCUT2D eigenvalue weighted by Crippen LogP contribution is -2.18. The minimum absolute atomic E-state index is 0.0178. The number of nitro benzene ring substituents is 1. The summed E-state index contributed by atoms with van der Waals surface area (Å²) >= 11 is 0. The first-order valence-corrected chi connectivity index (χ1v) is 5.88. The summed E-state index contributed by atoms with van der Waals surface area (Å²) in [5.74, 6) is 0.471. The molecule has 0 bridgehead atoms. The quantitative estimate of drug-likeness (QED) is 0.642. The van der Waals surface area contributed by atoms with Crippen LogP contribution < -0.4 is 10.1 Å². The number of anilines is 1. The number of benzene rings is 1. The monoisotopic (exact) mass is 252 g/mol. The van der Waals surface area contributed by atoms with Gasteiger partial charge in [0.1, 0.15) is 5.75 Å². The molecular weight excluding hydrogens is 236 g/mol. The maximum absolute atomic E-state index is 10.8. The summed E-state index contributed by atoms with van der Waals surface area (Å²) in [5, 5.41) is 13.9. The van der Waals surface area contributed by atoms with Gasteiger partial charge in [0.25, 0.3) is 5.69 Å².